The molecule has 4 heteroatoms. The van der Waals surface area contributed by atoms with Gasteiger partial charge in [0, 0.05) is 6.42 Å². The maximum atomic E-state index is 10.7. The van der Waals surface area contributed by atoms with E-state index in [2.05, 4.69) is 0 Å². The third kappa shape index (κ3) is 3.06. The van der Waals surface area contributed by atoms with Crippen LogP contribution in [0.1, 0.15) is 27.2 Å². The molecular weight excluding hydrogens is 172 g/mol. The lowest BCUT2D eigenvalue weighted by Gasteiger charge is -2.19. The highest BCUT2D eigenvalue weighted by Crippen LogP contribution is 2.24. The Kier molecular flexibility index (Phi) is 3.05. The lowest BCUT2D eigenvalue weighted by Crippen LogP contribution is -2.31. The summed E-state index contributed by atoms with van der Waals surface area (Å²) in [5.74, 6) is -0.677. The van der Waals surface area contributed by atoms with Crippen molar-refractivity contribution in [1.29, 1.82) is 0 Å². The summed E-state index contributed by atoms with van der Waals surface area (Å²) in [5, 5.41) is 9.53. The monoisotopic (exact) mass is 188 g/mol. The summed E-state index contributed by atoms with van der Waals surface area (Å²) in [7, 11) is 0. The number of carbonyl (C=O) groups is 1. The van der Waals surface area contributed by atoms with E-state index in [-0.39, 0.29) is 18.3 Å². The Morgan fingerprint density at radius 2 is 2.31 bits per heavy atom. The van der Waals surface area contributed by atoms with E-state index in [1.807, 2.05) is 0 Å². The lowest BCUT2D eigenvalue weighted by atomic mass is 10.1. The highest BCUT2D eigenvalue weighted by Gasteiger charge is 2.36. The van der Waals surface area contributed by atoms with E-state index >= 15 is 0 Å². The summed E-state index contributed by atoms with van der Waals surface area (Å²) in [4.78, 5) is 10.7. The topological polar surface area (TPSA) is 55.8 Å². The first-order chi connectivity index (χ1) is 5.91. The first kappa shape index (κ1) is 10.6. The van der Waals surface area contributed by atoms with Gasteiger partial charge in [-0.05, 0) is 20.8 Å². The predicted octanol–water partition coefficient (Wildman–Crippen LogP) is 0.478. The van der Waals surface area contributed by atoms with E-state index in [4.69, 9.17) is 9.47 Å². The molecule has 1 aliphatic rings. The van der Waals surface area contributed by atoms with Crippen molar-refractivity contribution < 1.29 is 19.4 Å². The molecule has 4 nitrogen and oxygen atoms in total. The summed E-state index contributed by atoms with van der Waals surface area (Å²) in [6.45, 7) is 5.37. The Hall–Kier alpha value is -0.450. The molecule has 0 aliphatic carbocycles. The quantitative estimate of drug-likeness (QED) is 0.699. The smallest absolute Gasteiger partial charge is 0.163 e. The van der Waals surface area contributed by atoms with Gasteiger partial charge in [0.15, 0.2) is 5.79 Å². The summed E-state index contributed by atoms with van der Waals surface area (Å²) in [6.07, 6.45) is -0.998. The maximum absolute atomic E-state index is 10.7. The number of hydrogen-bond acceptors (Lipinski definition) is 4. The molecule has 1 heterocycles. The molecule has 0 bridgehead atoms. The maximum Gasteiger partial charge on any atom is 0.163 e. The Morgan fingerprint density at radius 3 is 2.69 bits per heavy atom. The van der Waals surface area contributed by atoms with Gasteiger partial charge in [0.25, 0.3) is 0 Å². The van der Waals surface area contributed by atoms with Crippen LogP contribution < -0.4 is 0 Å². The summed E-state index contributed by atoms with van der Waals surface area (Å²) >= 11 is 0. The molecule has 0 aromatic rings. The van der Waals surface area contributed by atoms with Crippen molar-refractivity contribution >= 4 is 5.78 Å². The van der Waals surface area contributed by atoms with Gasteiger partial charge in [-0.2, -0.15) is 0 Å². The van der Waals surface area contributed by atoms with Crippen LogP contribution in [0.3, 0.4) is 0 Å². The molecule has 13 heavy (non-hydrogen) atoms. The minimum absolute atomic E-state index is 0.0409. The number of hydrogen-bond donors (Lipinski definition) is 1. The van der Waals surface area contributed by atoms with Crippen LogP contribution in [-0.2, 0) is 14.3 Å². The van der Waals surface area contributed by atoms with Crippen molar-refractivity contribution in [3.63, 3.8) is 0 Å². The minimum atomic E-state index is -0.751. The SMILES string of the molecule is CC(=O)C[C@H](O)[C@H]1COC(C)(C)O1. The predicted molar refractivity (Wildman–Crippen MR) is 46.2 cm³/mol. The van der Waals surface area contributed by atoms with Crippen molar-refractivity contribution in [1.82, 2.24) is 0 Å². The molecule has 0 aromatic carbocycles. The van der Waals surface area contributed by atoms with Gasteiger partial charge >= 0.3 is 0 Å². The average Bonchev–Trinajstić information content (AvgIpc) is 2.28. The first-order valence-corrected chi connectivity index (χ1v) is 4.40. The minimum Gasteiger partial charge on any atom is -0.390 e. The fraction of sp³-hybridized carbons (Fsp3) is 0.889. The number of ketones is 1. The molecule has 76 valence electrons. The van der Waals surface area contributed by atoms with Gasteiger partial charge in [-0.15, -0.1) is 0 Å². The molecule has 1 fully saturated rings. The van der Waals surface area contributed by atoms with E-state index in [1.54, 1.807) is 13.8 Å². The Bertz CT molecular complexity index is 200. The fourth-order valence-electron chi connectivity index (χ4n) is 1.33. The zero-order valence-electron chi connectivity index (χ0n) is 8.24. The zero-order valence-corrected chi connectivity index (χ0v) is 8.24. The molecule has 1 aliphatic heterocycles. The van der Waals surface area contributed by atoms with E-state index in [0.717, 1.165) is 0 Å². The second-order valence-corrected chi connectivity index (χ2v) is 3.84. The molecular formula is C9H16O4. The Morgan fingerprint density at radius 1 is 1.69 bits per heavy atom. The van der Waals surface area contributed by atoms with Crippen molar-refractivity contribution in [2.45, 2.75) is 45.2 Å². The van der Waals surface area contributed by atoms with Gasteiger partial charge in [0.1, 0.15) is 11.9 Å². The van der Waals surface area contributed by atoms with Crippen molar-refractivity contribution in [2.75, 3.05) is 6.61 Å². The molecule has 2 atom stereocenters. The normalized spacial score (nSPS) is 28.8. The lowest BCUT2D eigenvalue weighted by molar-refractivity contribution is -0.153. The van der Waals surface area contributed by atoms with Gasteiger partial charge in [-0.3, -0.25) is 4.79 Å². The summed E-state index contributed by atoms with van der Waals surface area (Å²) in [6, 6.07) is 0. The van der Waals surface area contributed by atoms with Crippen molar-refractivity contribution in [3.8, 4) is 0 Å². The molecule has 1 rings (SSSR count). The number of aliphatic hydroxyl groups excluding tert-OH is 1. The first-order valence-electron chi connectivity index (χ1n) is 4.40. The van der Waals surface area contributed by atoms with Crippen LogP contribution in [0.2, 0.25) is 0 Å². The number of carbonyl (C=O) groups excluding carboxylic acids is 1. The van der Waals surface area contributed by atoms with Crippen LogP contribution in [-0.4, -0.2) is 35.5 Å². The number of ether oxygens (including phenoxy) is 2. The van der Waals surface area contributed by atoms with Crippen LogP contribution in [0.25, 0.3) is 0 Å². The third-order valence-corrected chi connectivity index (χ3v) is 1.96. The number of rotatable bonds is 3. The molecule has 0 amide bonds. The molecule has 1 N–H and O–H groups in total. The molecule has 0 spiro atoms. The van der Waals surface area contributed by atoms with E-state index in [0.29, 0.717) is 6.61 Å². The molecule has 1 saturated heterocycles. The zero-order chi connectivity index (χ0) is 10.1. The van der Waals surface area contributed by atoms with Crippen molar-refractivity contribution in [3.05, 3.63) is 0 Å². The van der Waals surface area contributed by atoms with Crippen LogP contribution in [0.4, 0.5) is 0 Å². The molecule has 0 unspecified atom stereocenters. The van der Waals surface area contributed by atoms with Crippen LogP contribution in [0, 0.1) is 0 Å². The Labute approximate surface area is 77.8 Å². The molecule has 0 aromatic heterocycles. The highest BCUT2D eigenvalue weighted by atomic mass is 16.7. The average molecular weight is 188 g/mol. The van der Waals surface area contributed by atoms with Gasteiger partial charge in [0.05, 0.1) is 12.7 Å². The van der Waals surface area contributed by atoms with Gasteiger partial charge in [-0.1, -0.05) is 0 Å². The van der Waals surface area contributed by atoms with E-state index in [1.165, 1.54) is 6.92 Å². The number of aliphatic hydroxyl groups is 1. The Balaban J connectivity index is 2.42. The third-order valence-electron chi connectivity index (χ3n) is 1.96. The molecule has 0 saturated carbocycles. The largest absolute Gasteiger partial charge is 0.390 e. The fourth-order valence-corrected chi connectivity index (χ4v) is 1.33. The standard InChI is InChI=1S/C9H16O4/c1-6(10)4-7(11)8-5-12-9(2,3)13-8/h7-8,11H,4-5H2,1-3H3/t7-,8+/m0/s1. The second-order valence-electron chi connectivity index (χ2n) is 3.84. The van der Waals surface area contributed by atoms with Crippen LogP contribution >= 0.6 is 0 Å². The highest BCUT2D eigenvalue weighted by molar-refractivity contribution is 5.76. The van der Waals surface area contributed by atoms with E-state index in [9.17, 15) is 9.90 Å². The summed E-state index contributed by atoms with van der Waals surface area (Å²) in [5.41, 5.74) is 0. The van der Waals surface area contributed by atoms with Gasteiger partial charge in [0.2, 0.25) is 0 Å². The second kappa shape index (κ2) is 3.74. The van der Waals surface area contributed by atoms with Gasteiger partial charge in [-0.25, -0.2) is 0 Å². The summed E-state index contributed by atoms with van der Waals surface area (Å²) < 4.78 is 10.6. The van der Waals surface area contributed by atoms with Crippen LogP contribution in [0.5, 0.6) is 0 Å². The van der Waals surface area contributed by atoms with Gasteiger partial charge < -0.3 is 14.6 Å². The van der Waals surface area contributed by atoms with E-state index < -0.39 is 11.9 Å². The van der Waals surface area contributed by atoms with Crippen LogP contribution in [0.15, 0.2) is 0 Å². The molecule has 0 radical (unpaired) electrons. The van der Waals surface area contributed by atoms with Crippen molar-refractivity contribution in [2.24, 2.45) is 0 Å². The number of Topliss-reactive ketones (excluding diaryl/α,β-unsaturated/α-hetero) is 1.